The Morgan fingerprint density at radius 3 is 2.14 bits per heavy atom. The van der Waals surface area contributed by atoms with Gasteiger partial charge in [0.25, 0.3) is 5.91 Å². The molecule has 2 rings (SSSR count). The highest BCUT2D eigenvalue weighted by Crippen LogP contribution is 2.22. The van der Waals surface area contributed by atoms with Crippen molar-refractivity contribution in [3.05, 3.63) is 69.2 Å². The number of benzene rings is 2. The first-order valence-corrected chi connectivity index (χ1v) is 6.85. The van der Waals surface area contributed by atoms with Crippen LogP contribution < -0.4 is 11.1 Å². The lowest BCUT2D eigenvalue weighted by Gasteiger charge is -2.07. The third kappa shape index (κ3) is 3.97. The summed E-state index contributed by atoms with van der Waals surface area (Å²) < 4.78 is 0. The zero-order valence-corrected chi connectivity index (χ0v) is 12.4. The molecule has 6 heteroatoms. The Morgan fingerprint density at radius 2 is 1.57 bits per heavy atom. The summed E-state index contributed by atoms with van der Waals surface area (Å²) in [5.41, 5.74) is 6.87. The smallest absolute Gasteiger partial charge is 0.251 e. The van der Waals surface area contributed by atoms with Gasteiger partial charge in [0, 0.05) is 17.7 Å². The van der Waals surface area contributed by atoms with Gasteiger partial charge in [0.15, 0.2) is 0 Å². The number of hydrogen-bond acceptors (Lipinski definition) is 2. The minimum absolute atomic E-state index is 0.257. The number of carbonyl (C=O) groups is 2. The maximum absolute atomic E-state index is 12.0. The minimum Gasteiger partial charge on any atom is -0.366 e. The van der Waals surface area contributed by atoms with Crippen LogP contribution in [-0.4, -0.2) is 11.8 Å². The highest BCUT2D eigenvalue weighted by Gasteiger charge is 2.08. The molecule has 0 radical (unpaired) electrons. The van der Waals surface area contributed by atoms with Crippen LogP contribution in [0.3, 0.4) is 0 Å². The van der Waals surface area contributed by atoms with Crippen molar-refractivity contribution in [1.82, 2.24) is 5.32 Å². The van der Waals surface area contributed by atoms with Gasteiger partial charge in [0.1, 0.15) is 0 Å². The first kappa shape index (κ1) is 15.4. The summed E-state index contributed by atoms with van der Waals surface area (Å²) in [5.74, 6) is -0.742. The molecule has 0 unspecified atom stereocenters. The second kappa shape index (κ2) is 6.61. The van der Waals surface area contributed by atoms with E-state index in [0.717, 1.165) is 5.56 Å². The van der Waals surface area contributed by atoms with Crippen LogP contribution in [-0.2, 0) is 6.54 Å². The number of hydrogen-bond donors (Lipinski definition) is 2. The molecule has 0 heterocycles. The molecular formula is C15H12Cl2N2O2. The topological polar surface area (TPSA) is 72.2 Å². The fourth-order valence-corrected chi connectivity index (χ4v) is 2.01. The Balaban J connectivity index is 2.00. The molecule has 0 spiro atoms. The van der Waals surface area contributed by atoms with Crippen molar-refractivity contribution in [2.45, 2.75) is 6.54 Å². The number of nitrogens with two attached hydrogens (primary N) is 1. The van der Waals surface area contributed by atoms with Crippen LogP contribution in [0.15, 0.2) is 42.5 Å². The molecular weight excluding hydrogens is 311 g/mol. The lowest BCUT2D eigenvalue weighted by atomic mass is 10.1. The number of carbonyl (C=O) groups excluding carboxylic acids is 2. The van der Waals surface area contributed by atoms with E-state index in [9.17, 15) is 9.59 Å². The van der Waals surface area contributed by atoms with Crippen molar-refractivity contribution >= 4 is 35.0 Å². The van der Waals surface area contributed by atoms with Gasteiger partial charge in [-0.25, -0.2) is 0 Å². The largest absolute Gasteiger partial charge is 0.366 e. The van der Waals surface area contributed by atoms with Gasteiger partial charge in [-0.3, -0.25) is 9.59 Å². The van der Waals surface area contributed by atoms with Crippen molar-refractivity contribution in [2.75, 3.05) is 0 Å². The summed E-state index contributed by atoms with van der Waals surface area (Å²) in [6.45, 7) is 0.331. The maximum atomic E-state index is 12.0. The van der Waals surface area contributed by atoms with E-state index in [-0.39, 0.29) is 5.91 Å². The molecule has 2 amide bonds. The fraction of sp³-hybridized carbons (Fsp3) is 0.0667. The van der Waals surface area contributed by atoms with Gasteiger partial charge in [-0.05, 0) is 35.9 Å². The van der Waals surface area contributed by atoms with Crippen molar-refractivity contribution in [3.63, 3.8) is 0 Å². The Bertz CT molecular complexity index is 685. The van der Waals surface area contributed by atoms with Gasteiger partial charge < -0.3 is 11.1 Å². The second-order valence-electron chi connectivity index (χ2n) is 4.37. The molecule has 0 bridgehead atoms. The van der Waals surface area contributed by atoms with E-state index in [1.807, 2.05) is 0 Å². The van der Waals surface area contributed by atoms with E-state index in [0.29, 0.717) is 27.7 Å². The third-order valence-electron chi connectivity index (χ3n) is 2.87. The first-order valence-electron chi connectivity index (χ1n) is 6.09. The standard InChI is InChI=1S/C15H12Cl2N2O2/c16-12-6-5-11(7-13(12)17)15(21)19-8-9-1-3-10(4-2-9)14(18)20/h1-7H,8H2,(H2,18,20)(H,19,21). The molecule has 4 nitrogen and oxygen atoms in total. The van der Waals surface area contributed by atoms with Crippen LogP contribution in [0.1, 0.15) is 26.3 Å². The summed E-state index contributed by atoms with van der Waals surface area (Å²) in [6.07, 6.45) is 0. The second-order valence-corrected chi connectivity index (χ2v) is 5.19. The number of amides is 2. The monoisotopic (exact) mass is 322 g/mol. The van der Waals surface area contributed by atoms with Gasteiger partial charge >= 0.3 is 0 Å². The lowest BCUT2D eigenvalue weighted by molar-refractivity contribution is 0.0949. The average molecular weight is 323 g/mol. The Hall–Kier alpha value is -2.04. The van der Waals surface area contributed by atoms with Crippen molar-refractivity contribution < 1.29 is 9.59 Å². The third-order valence-corrected chi connectivity index (χ3v) is 3.61. The molecule has 108 valence electrons. The van der Waals surface area contributed by atoms with E-state index < -0.39 is 5.91 Å². The molecule has 2 aromatic rings. The van der Waals surface area contributed by atoms with Gasteiger partial charge in [-0.15, -0.1) is 0 Å². The molecule has 0 atom stereocenters. The molecule has 0 saturated heterocycles. The number of rotatable bonds is 4. The van der Waals surface area contributed by atoms with E-state index >= 15 is 0 Å². The van der Waals surface area contributed by atoms with Gasteiger partial charge in [-0.1, -0.05) is 35.3 Å². The molecule has 0 aromatic heterocycles. The fourth-order valence-electron chi connectivity index (χ4n) is 1.71. The predicted octanol–water partition coefficient (Wildman–Crippen LogP) is 3.02. The van der Waals surface area contributed by atoms with Crippen molar-refractivity contribution in [2.24, 2.45) is 5.73 Å². The number of halogens is 2. The minimum atomic E-state index is -0.485. The highest BCUT2D eigenvalue weighted by atomic mass is 35.5. The van der Waals surface area contributed by atoms with E-state index in [1.54, 1.807) is 36.4 Å². The zero-order chi connectivity index (χ0) is 15.4. The molecule has 0 aliphatic rings. The normalized spacial score (nSPS) is 10.2. The molecule has 21 heavy (non-hydrogen) atoms. The lowest BCUT2D eigenvalue weighted by Crippen LogP contribution is -2.22. The van der Waals surface area contributed by atoms with Crippen molar-refractivity contribution in [1.29, 1.82) is 0 Å². The number of nitrogens with one attached hydrogen (secondary N) is 1. The van der Waals surface area contributed by atoms with Crippen LogP contribution in [0.25, 0.3) is 0 Å². The maximum Gasteiger partial charge on any atom is 0.251 e. The van der Waals surface area contributed by atoms with Gasteiger partial charge in [-0.2, -0.15) is 0 Å². The molecule has 3 N–H and O–H groups in total. The van der Waals surface area contributed by atoms with Crippen LogP contribution in [0.2, 0.25) is 10.0 Å². The zero-order valence-electron chi connectivity index (χ0n) is 10.9. The molecule has 2 aromatic carbocycles. The molecule has 0 aliphatic heterocycles. The summed E-state index contributed by atoms with van der Waals surface area (Å²) >= 11 is 11.7. The van der Waals surface area contributed by atoms with Crippen LogP contribution in [0, 0.1) is 0 Å². The quantitative estimate of drug-likeness (QED) is 0.908. The van der Waals surface area contributed by atoms with Crippen molar-refractivity contribution in [3.8, 4) is 0 Å². The van der Waals surface area contributed by atoms with Gasteiger partial charge in [0.2, 0.25) is 5.91 Å². The first-order chi connectivity index (χ1) is 9.97. The summed E-state index contributed by atoms with van der Waals surface area (Å²) in [4.78, 5) is 22.9. The average Bonchev–Trinajstić information content (AvgIpc) is 2.48. The molecule has 0 fully saturated rings. The SMILES string of the molecule is NC(=O)c1ccc(CNC(=O)c2ccc(Cl)c(Cl)c2)cc1. The van der Waals surface area contributed by atoms with Crippen LogP contribution in [0.5, 0.6) is 0 Å². The highest BCUT2D eigenvalue weighted by molar-refractivity contribution is 6.42. The predicted molar refractivity (Wildman–Crippen MR) is 82.6 cm³/mol. The Kier molecular flexibility index (Phi) is 4.83. The van der Waals surface area contributed by atoms with Crippen LogP contribution in [0.4, 0.5) is 0 Å². The number of primary amides is 1. The summed E-state index contributed by atoms with van der Waals surface area (Å²) in [6, 6.07) is 11.4. The summed E-state index contributed by atoms with van der Waals surface area (Å²) in [7, 11) is 0. The van der Waals surface area contributed by atoms with E-state index in [4.69, 9.17) is 28.9 Å². The molecule has 0 aliphatic carbocycles. The Morgan fingerprint density at radius 1 is 0.952 bits per heavy atom. The van der Waals surface area contributed by atoms with Gasteiger partial charge in [0.05, 0.1) is 10.0 Å². The van der Waals surface area contributed by atoms with E-state index in [1.165, 1.54) is 6.07 Å². The van der Waals surface area contributed by atoms with Crippen LogP contribution >= 0.6 is 23.2 Å². The van der Waals surface area contributed by atoms with E-state index in [2.05, 4.69) is 5.32 Å². The molecule has 0 saturated carbocycles. The Labute approximate surface area is 131 Å². The summed E-state index contributed by atoms with van der Waals surface area (Å²) in [5, 5.41) is 3.48.